The fraction of sp³-hybridized carbons (Fsp3) is 0.167. The number of carboxylic acids is 1. The van der Waals surface area contributed by atoms with Gasteiger partial charge in [0.05, 0.1) is 19.1 Å². The third-order valence-electron chi connectivity index (χ3n) is 3.44. The summed E-state index contributed by atoms with van der Waals surface area (Å²) in [7, 11) is 1.52. The van der Waals surface area contributed by atoms with E-state index in [9.17, 15) is 19.5 Å². The lowest BCUT2D eigenvalue weighted by Gasteiger charge is -2.07. The Bertz CT molecular complexity index is 759. The van der Waals surface area contributed by atoms with E-state index in [-0.39, 0.29) is 23.3 Å². The van der Waals surface area contributed by atoms with E-state index in [2.05, 4.69) is 0 Å². The first kappa shape index (κ1) is 16.4. The van der Waals surface area contributed by atoms with Crippen molar-refractivity contribution in [3.8, 4) is 5.75 Å². The zero-order valence-corrected chi connectivity index (χ0v) is 12.8. The summed E-state index contributed by atoms with van der Waals surface area (Å²) in [5, 5.41) is 9.20. The number of aryl methyl sites for hydroxylation is 1. The number of hydrogen-bond donors (Lipinski definition) is 1. The predicted molar refractivity (Wildman–Crippen MR) is 84.4 cm³/mol. The maximum absolute atomic E-state index is 12.3. The maximum atomic E-state index is 12.3. The number of benzene rings is 2. The Kier molecular flexibility index (Phi) is 4.91. The molecule has 23 heavy (non-hydrogen) atoms. The number of Topliss-reactive ketones (excluding diaryl/α,β-unsaturated/α-hetero) is 2. The molecule has 0 unspecified atom stereocenters. The van der Waals surface area contributed by atoms with Gasteiger partial charge < -0.3 is 9.84 Å². The number of rotatable bonds is 6. The van der Waals surface area contributed by atoms with Crippen LogP contribution in [-0.2, 0) is 0 Å². The van der Waals surface area contributed by atoms with Crippen LogP contribution in [0.2, 0.25) is 0 Å². The predicted octanol–water partition coefficient (Wildman–Crippen LogP) is 3.16. The zero-order valence-electron chi connectivity index (χ0n) is 12.8. The maximum Gasteiger partial charge on any atom is 0.336 e. The highest BCUT2D eigenvalue weighted by atomic mass is 16.5. The lowest BCUT2D eigenvalue weighted by Crippen LogP contribution is -2.13. The molecule has 0 bridgehead atoms. The van der Waals surface area contributed by atoms with Gasteiger partial charge in [-0.05, 0) is 37.3 Å². The van der Waals surface area contributed by atoms with E-state index in [1.165, 1.54) is 19.2 Å². The Morgan fingerprint density at radius 2 is 1.61 bits per heavy atom. The zero-order chi connectivity index (χ0) is 17.0. The van der Waals surface area contributed by atoms with Crippen molar-refractivity contribution in [2.45, 2.75) is 13.3 Å². The lowest BCUT2D eigenvalue weighted by molar-refractivity contribution is 0.0690. The normalized spacial score (nSPS) is 10.2. The van der Waals surface area contributed by atoms with Crippen LogP contribution >= 0.6 is 0 Å². The molecule has 2 aromatic rings. The molecule has 118 valence electrons. The van der Waals surface area contributed by atoms with Crippen molar-refractivity contribution in [1.82, 2.24) is 0 Å². The van der Waals surface area contributed by atoms with Crippen LogP contribution < -0.4 is 4.74 Å². The number of aromatic carboxylic acids is 1. The van der Waals surface area contributed by atoms with Gasteiger partial charge >= 0.3 is 5.97 Å². The van der Waals surface area contributed by atoms with Gasteiger partial charge in [0.1, 0.15) is 5.75 Å². The van der Waals surface area contributed by atoms with E-state index in [1.807, 2.05) is 0 Å². The lowest BCUT2D eigenvalue weighted by atomic mass is 9.96. The fourth-order valence-corrected chi connectivity index (χ4v) is 2.20. The van der Waals surface area contributed by atoms with Crippen LogP contribution in [0.15, 0.2) is 42.5 Å². The first-order valence-electron chi connectivity index (χ1n) is 6.96. The minimum Gasteiger partial charge on any atom is -0.497 e. The molecule has 0 atom stereocenters. The molecule has 0 saturated heterocycles. The summed E-state index contributed by atoms with van der Waals surface area (Å²) in [4.78, 5) is 35.7. The topological polar surface area (TPSA) is 80.7 Å². The van der Waals surface area contributed by atoms with Crippen LogP contribution in [0, 0.1) is 6.92 Å². The van der Waals surface area contributed by atoms with Crippen LogP contribution in [0.5, 0.6) is 5.75 Å². The Balaban J connectivity index is 2.21. The molecule has 5 nitrogen and oxygen atoms in total. The van der Waals surface area contributed by atoms with E-state index in [0.717, 1.165) is 5.56 Å². The second-order valence-corrected chi connectivity index (χ2v) is 5.11. The van der Waals surface area contributed by atoms with Gasteiger partial charge in [0, 0.05) is 11.1 Å². The molecule has 0 aliphatic carbocycles. The molecule has 0 saturated carbocycles. The van der Waals surface area contributed by atoms with Crippen LogP contribution in [0.3, 0.4) is 0 Å². The van der Waals surface area contributed by atoms with E-state index >= 15 is 0 Å². The minimum absolute atomic E-state index is 0.0463. The molecular formula is C18H16O5. The summed E-state index contributed by atoms with van der Waals surface area (Å²) in [6.45, 7) is 1.74. The van der Waals surface area contributed by atoms with Gasteiger partial charge in [-0.1, -0.05) is 17.7 Å². The average molecular weight is 312 g/mol. The standard InChI is InChI=1S/C18H16O5/c1-11-3-8-14(15(9-11)18(21)22)17(20)10-16(19)12-4-6-13(23-2)7-5-12/h3-9H,10H2,1-2H3,(H,21,22). The van der Waals surface area contributed by atoms with Gasteiger partial charge in [-0.25, -0.2) is 4.79 Å². The van der Waals surface area contributed by atoms with Crippen LogP contribution in [-0.4, -0.2) is 29.8 Å². The third-order valence-corrected chi connectivity index (χ3v) is 3.44. The quantitative estimate of drug-likeness (QED) is 0.654. The molecule has 0 spiro atoms. The second-order valence-electron chi connectivity index (χ2n) is 5.11. The molecule has 0 amide bonds. The van der Waals surface area contributed by atoms with Crippen molar-refractivity contribution in [2.24, 2.45) is 0 Å². The highest BCUT2D eigenvalue weighted by Crippen LogP contribution is 2.17. The number of ether oxygens (including phenoxy) is 1. The molecule has 0 heterocycles. The summed E-state index contributed by atoms with van der Waals surface area (Å²) in [5.41, 5.74) is 1.08. The summed E-state index contributed by atoms with van der Waals surface area (Å²) in [5.74, 6) is -1.45. The molecule has 0 fully saturated rings. The number of ketones is 2. The summed E-state index contributed by atoms with van der Waals surface area (Å²) >= 11 is 0. The summed E-state index contributed by atoms with van der Waals surface area (Å²) < 4.78 is 5.01. The molecule has 0 aromatic heterocycles. The molecule has 1 N–H and O–H groups in total. The van der Waals surface area contributed by atoms with E-state index in [4.69, 9.17) is 4.74 Å². The van der Waals surface area contributed by atoms with Crippen molar-refractivity contribution in [3.63, 3.8) is 0 Å². The molecule has 0 aliphatic heterocycles. The smallest absolute Gasteiger partial charge is 0.336 e. The Labute approximate surface area is 133 Å². The van der Waals surface area contributed by atoms with E-state index < -0.39 is 11.8 Å². The summed E-state index contributed by atoms with van der Waals surface area (Å²) in [6.07, 6.45) is -0.379. The number of carbonyl (C=O) groups is 3. The molecular weight excluding hydrogens is 296 g/mol. The summed E-state index contributed by atoms with van der Waals surface area (Å²) in [6, 6.07) is 10.9. The second kappa shape index (κ2) is 6.87. The molecule has 0 aliphatic rings. The third kappa shape index (κ3) is 3.83. The molecule has 2 aromatic carbocycles. The molecule has 2 rings (SSSR count). The number of carboxylic acid groups (broad SMARTS) is 1. The van der Waals surface area contributed by atoms with Crippen LogP contribution in [0.1, 0.15) is 43.1 Å². The largest absolute Gasteiger partial charge is 0.497 e. The highest BCUT2D eigenvalue weighted by Gasteiger charge is 2.19. The van der Waals surface area contributed by atoms with Gasteiger partial charge in [0.15, 0.2) is 11.6 Å². The van der Waals surface area contributed by atoms with Gasteiger partial charge in [-0.15, -0.1) is 0 Å². The van der Waals surface area contributed by atoms with Gasteiger partial charge in [0.25, 0.3) is 0 Å². The molecule has 0 radical (unpaired) electrons. The van der Waals surface area contributed by atoms with Crippen LogP contribution in [0.4, 0.5) is 0 Å². The number of carbonyl (C=O) groups excluding carboxylic acids is 2. The minimum atomic E-state index is -1.19. The monoisotopic (exact) mass is 312 g/mol. The number of hydrogen-bond acceptors (Lipinski definition) is 4. The van der Waals surface area contributed by atoms with Crippen molar-refractivity contribution < 1.29 is 24.2 Å². The van der Waals surface area contributed by atoms with Gasteiger partial charge in [0.2, 0.25) is 0 Å². The van der Waals surface area contributed by atoms with E-state index in [1.54, 1.807) is 37.3 Å². The highest BCUT2D eigenvalue weighted by molar-refractivity contribution is 6.16. The molecule has 5 heteroatoms. The van der Waals surface area contributed by atoms with Gasteiger partial charge in [-0.3, -0.25) is 9.59 Å². The van der Waals surface area contributed by atoms with Crippen molar-refractivity contribution in [1.29, 1.82) is 0 Å². The van der Waals surface area contributed by atoms with Crippen molar-refractivity contribution in [2.75, 3.05) is 7.11 Å². The van der Waals surface area contributed by atoms with Crippen LogP contribution in [0.25, 0.3) is 0 Å². The Hall–Kier alpha value is -2.95. The van der Waals surface area contributed by atoms with Crippen molar-refractivity contribution >= 4 is 17.5 Å². The van der Waals surface area contributed by atoms with Gasteiger partial charge in [-0.2, -0.15) is 0 Å². The Morgan fingerprint density at radius 1 is 0.957 bits per heavy atom. The van der Waals surface area contributed by atoms with E-state index in [0.29, 0.717) is 11.3 Å². The SMILES string of the molecule is COc1ccc(C(=O)CC(=O)c2ccc(C)cc2C(=O)O)cc1. The van der Waals surface area contributed by atoms with Crippen molar-refractivity contribution in [3.05, 3.63) is 64.7 Å². The first-order chi connectivity index (χ1) is 10.9. The first-order valence-corrected chi connectivity index (χ1v) is 6.96. The fourth-order valence-electron chi connectivity index (χ4n) is 2.20. The number of methoxy groups -OCH3 is 1. The Morgan fingerprint density at radius 3 is 2.17 bits per heavy atom. The average Bonchev–Trinajstić information content (AvgIpc) is 2.54.